The lowest BCUT2D eigenvalue weighted by atomic mass is 10.0. The van der Waals surface area contributed by atoms with Crippen LogP contribution in [0.5, 0.6) is 0 Å². The first kappa shape index (κ1) is 20.4. The molecule has 126 valence electrons. The molecular formula is C18H38N2O. The highest BCUT2D eigenvalue weighted by Gasteiger charge is 2.17. The molecule has 1 heterocycles. The summed E-state index contributed by atoms with van der Waals surface area (Å²) in [7, 11) is 0. The van der Waals surface area contributed by atoms with Crippen molar-refractivity contribution in [3.05, 3.63) is 0 Å². The van der Waals surface area contributed by atoms with Crippen LogP contribution in [0.15, 0.2) is 0 Å². The monoisotopic (exact) mass is 298 g/mol. The molecule has 1 saturated heterocycles. The molecule has 0 spiro atoms. The fourth-order valence-electron chi connectivity index (χ4n) is 2.71. The Hall–Kier alpha value is -0.570. The second-order valence-corrected chi connectivity index (χ2v) is 5.89. The number of unbranched alkanes of at least 4 members (excludes halogenated alkanes) is 7. The molecule has 1 rings (SSSR count). The molecule has 3 nitrogen and oxygen atoms in total. The van der Waals surface area contributed by atoms with Crippen molar-refractivity contribution >= 4 is 5.91 Å². The van der Waals surface area contributed by atoms with Crippen molar-refractivity contribution in [1.29, 1.82) is 0 Å². The highest BCUT2D eigenvalue weighted by molar-refractivity contribution is 5.76. The first-order chi connectivity index (χ1) is 10.3. The summed E-state index contributed by atoms with van der Waals surface area (Å²) in [6.45, 7) is 9.22. The Morgan fingerprint density at radius 3 is 2.24 bits per heavy atom. The number of rotatable bonds is 11. The van der Waals surface area contributed by atoms with Crippen LogP contribution in [0.25, 0.3) is 0 Å². The van der Waals surface area contributed by atoms with Crippen molar-refractivity contribution in [1.82, 2.24) is 10.6 Å². The van der Waals surface area contributed by atoms with Crippen LogP contribution in [-0.2, 0) is 4.79 Å². The summed E-state index contributed by atoms with van der Waals surface area (Å²) >= 11 is 0. The molecule has 0 bridgehead atoms. The number of nitrogens with one attached hydrogen (secondary N) is 2. The van der Waals surface area contributed by atoms with Gasteiger partial charge in [-0.15, -0.1) is 0 Å². The van der Waals surface area contributed by atoms with Gasteiger partial charge in [-0.05, 0) is 31.8 Å². The molecule has 0 aromatic heterocycles. The van der Waals surface area contributed by atoms with E-state index in [0.29, 0.717) is 12.3 Å². The van der Waals surface area contributed by atoms with Crippen molar-refractivity contribution in [3.8, 4) is 0 Å². The topological polar surface area (TPSA) is 41.1 Å². The summed E-state index contributed by atoms with van der Waals surface area (Å²) in [5.74, 6) is 0.815. The minimum atomic E-state index is 0.247. The zero-order chi connectivity index (χ0) is 15.8. The zero-order valence-corrected chi connectivity index (χ0v) is 14.7. The maximum absolute atomic E-state index is 11.7. The predicted octanol–water partition coefficient (Wildman–Crippen LogP) is 4.27. The first-order valence-corrected chi connectivity index (χ1v) is 9.30. The summed E-state index contributed by atoms with van der Waals surface area (Å²) in [6.07, 6.45) is 12.4. The average Bonchev–Trinajstić information content (AvgIpc) is 3.00. The van der Waals surface area contributed by atoms with Gasteiger partial charge in [-0.3, -0.25) is 4.79 Å². The second kappa shape index (κ2) is 15.8. The van der Waals surface area contributed by atoms with Crippen LogP contribution in [0.1, 0.15) is 85.0 Å². The van der Waals surface area contributed by atoms with E-state index in [-0.39, 0.29) is 5.91 Å². The van der Waals surface area contributed by atoms with Gasteiger partial charge >= 0.3 is 0 Å². The van der Waals surface area contributed by atoms with E-state index in [1.807, 2.05) is 13.8 Å². The van der Waals surface area contributed by atoms with Crippen LogP contribution in [0, 0.1) is 5.92 Å². The second-order valence-electron chi connectivity index (χ2n) is 5.89. The quantitative estimate of drug-likeness (QED) is 0.559. The maximum Gasteiger partial charge on any atom is 0.220 e. The van der Waals surface area contributed by atoms with E-state index in [0.717, 1.165) is 32.5 Å². The Kier molecular flexibility index (Phi) is 15.4. The Morgan fingerprint density at radius 2 is 1.67 bits per heavy atom. The van der Waals surface area contributed by atoms with Crippen LogP contribution in [-0.4, -0.2) is 25.5 Å². The lowest BCUT2D eigenvalue weighted by molar-refractivity contribution is -0.121. The van der Waals surface area contributed by atoms with Gasteiger partial charge in [0.1, 0.15) is 0 Å². The van der Waals surface area contributed by atoms with Crippen molar-refractivity contribution < 1.29 is 4.79 Å². The van der Waals surface area contributed by atoms with E-state index in [4.69, 9.17) is 0 Å². The third-order valence-corrected chi connectivity index (χ3v) is 3.99. The van der Waals surface area contributed by atoms with Crippen LogP contribution in [0.3, 0.4) is 0 Å². The molecule has 0 saturated carbocycles. The third-order valence-electron chi connectivity index (χ3n) is 3.99. The minimum absolute atomic E-state index is 0.247. The minimum Gasteiger partial charge on any atom is -0.356 e. The van der Waals surface area contributed by atoms with Gasteiger partial charge in [-0.2, -0.15) is 0 Å². The molecule has 0 radical (unpaired) electrons. The average molecular weight is 299 g/mol. The van der Waals surface area contributed by atoms with Crippen LogP contribution >= 0.6 is 0 Å². The fourth-order valence-corrected chi connectivity index (χ4v) is 2.71. The Balaban J connectivity index is 0.00000191. The maximum atomic E-state index is 11.7. The van der Waals surface area contributed by atoms with Gasteiger partial charge in [0, 0.05) is 13.0 Å². The Labute approximate surface area is 132 Å². The summed E-state index contributed by atoms with van der Waals surface area (Å²) in [6, 6.07) is 0. The molecule has 1 fully saturated rings. The van der Waals surface area contributed by atoms with E-state index in [1.54, 1.807) is 0 Å². The van der Waals surface area contributed by atoms with Gasteiger partial charge in [-0.25, -0.2) is 0 Å². The number of amides is 1. The summed E-state index contributed by atoms with van der Waals surface area (Å²) in [4.78, 5) is 11.7. The fraction of sp³-hybridized carbons (Fsp3) is 0.944. The number of carbonyl (C=O) groups excluding carboxylic acids is 1. The lowest BCUT2D eigenvalue weighted by Crippen LogP contribution is -2.27. The Morgan fingerprint density at radius 1 is 1.05 bits per heavy atom. The third kappa shape index (κ3) is 12.9. The highest BCUT2D eigenvalue weighted by atomic mass is 16.1. The molecule has 1 aliphatic rings. The summed E-state index contributed by atoms with van der Waals surface area (Å²) < 4.78 is 0. The smallest absolute Gasteiger partial charge is 0.220 e. The molecule has 0 aliphatic carbocycles. The van der Waals surface area contributed by atoms with E-state index in [1.165, 1.54) is 44.9 Å². The van der Waals surface area contributed by atoms with Gasteiger partial charge in [-0.1, -0.05) is 65.7 Å². The lowest BCUT2D eigenvalue weighted by Gasteiger charge is -2.09. The molecule has 0 aromatic carbocycles. The van der Waals surface area contributed by atoms with Gasteiger partial charge < -0.3 is 10.6 Å². The molecule has 1 atom stereocenters. The SMILES string of the molecule is CC.CCCCCCCCCCNC(=O)CC1CCNC1. The summed E-state index contributed by atoms with van der Waals surface area (Å²) in [5, 5.41) is 6.36. The standard InChI is InChI=1S/C16H32N2O.C2H6/c1-2-3-4-5-6-7-8-9-11-18-16(19)13-15-10-12-17-14-15;1-2/h15,17H,2-14H2,1H3,(H,18,19);1-2H3. The molecule has 2 N–H and O–H groups in total. The number of hydrogen-bond acceptors (Lipinski definition) is 2. The Bertz CT molecular complexity index is 225. The van der Waals surface area contributed by atoms with E-state index in [2.05, 4.69) is 17.6 Å². The van der Waals surface area contributed by atoms with Crippen molar-refractivity contribution in [2.75, 3.05) is 19.6 Å². The van der Waals surface area contributed by atoms with Crippen molar-refractivity contribution in [3.63, 3.8) is 0 Å². The van der Waals surface area contributed by atoms with E-state index in [9.17, 15) is 4.79 Å². The molecule has 21 heavy (non-hydrogen) atoms. The molecule has 3 heteroatoms. The van der Waals surface area contributed by atoms with Crippen molar-refractivity contribution in [2.45, 2.75) is 85.0 Å². The summed E-state index contributed by atoms with van der Waals surface area (Å²) in [5.41, 5.74) is 0. The zero-order valence-electron chi connectivity index (χ0n) is 14.7. The first-order valence-electron chi connectivity index (χ1n) is 9.30. The highest BCUT2D eigenvalue weighted by Crippen LogP contribution is 2.11. The molecule has 1 aliphatic heterocycles. The van der Waals surface area contributed by atoms with Crippen LogP contribution < -0.4 is 10.6 Å². The van der Waals surface area contributed by atoms with Crippen LogP contribution in [0.2, 0.25) is 0 Å². The van der Waals surface area contributed by atoms with Gasteiger partial charge in [0.25, 0.3) is 0 Å². The van der Waals surface area contributed by atoms with E-state index < -0.39 is 0 Å². The van der Waals surface area contributed by atoms with E-state index >= 15 is 0 Å². The van der Waals surface area contributed by atoms with Gasteiger partial charge in [0.2, 0.25) is 5.91 Å². The predicted molar refractivity (Wildman–Crippen MR) is 92.6 cm³/mol. The number of carbonyl (C=O) groups is 1. The largest absolute Gasteiger partial charge is 0.356 e. The van der Waals surface area contributed by atoms with Gasteiger partial charge in [0.15, 0.2) is 0 Å². The van der Waals surface area contributed by atoms with Crippen LogP contribution in [0.4, 0.5) is 0 Å². The van der Waals surface area contributed by atoms with Gasteiger partial charge in [0.05, 0.1) is 0 Å². The van der Waals surface area contributed by atoms with Crippen molar-refractivity contribution in [2.24, 2.45) is 5.92 Å². The number of hydrogen-bond donors (Lipinski definition) is 2. The molecular weight excluding hydrogens is 260 g/mol. The molecule has 0 aromatic rings. The molecule has 1 amide bonds. The molecule has 1 unspecified atom stereocenters. The normalized spacial score (nSPS) is 17.2.